The minimum Gasteiger partial charge on any atom is -0.383 e. The zero-order valence-corrected chi connectivity index (χ0v) is 13.8. The van der Waals surface area contributed by atoms with Gasteiger partial charge >= 0.3 is 0 Å². The number of nitrogens with one attached hydrogen (secondary N) is 1. The topological polar surface area (TPSA) is 70.8 Å². The van der Waals surface area contributed by atoms with Crippen LogP contribution in [0.5, 0.6) is 0 Å². The number of carbonyl (C=O) groups is 1. The number of nitrogens with zero attached hydrogens (tertiary/aromatic N) is 2. The third kappa shape index (κ3) is 7.76. The van der Waals surface area contributed by atoms with Gasteiger partial charge in [-0.25, -0.2) is 0 Å². The Bertz CT molecular complexity index is 301. The van der Waals surface area contributed by atoms with Gasteiger partial charge in [0.2, 0.25) is 5.91 Å². The molecule has 3 N–H and O–H groups in total. The predicted octanol–water partition coefficient (Wildman–Crippen LogP) is -0.260. The molecule has 1 saturated heterocycles. The fraction of sp³-hybridized carbons (Fsp3) is 0.933. The molecule has 0 saturated carbocycles. The molecule has 0 spiro atoms. The lowest BCUT2D eigenvalue weighted by molar-refractivity contribution is -0.123. The summed E-state index contributed by atoms with van der Waals surface area (Å²) in [5, 5.41) is 2.97. The molecule has 1 aliphatic rings. The smallest absolute Gasteiger partial charge is 0.234 e. The van der Waals surface area contributed by atoms with Crippen LogP contribution < -0.4 is 11.1 Å². The van der Waals surface area contributed by atoms with Gasteiger partial charge in [0.05, 0.1) is 13.2 Å². The molecule has 124 valence electrons. The average molecular weight is 300 g/mol. The summed E-state index contributed by atoms with van der Waals surface area (Å²) in [6, 6.07) is 0.0661. The molecule has 2 atom stereocenters. The molecule has 0 aliphatic carbocycles. The van der Waals surface area contributed by atoms with E-state index in [0.29, 0.717) is 19.1 Å². The summed E-state index contributed by atoms with van der Waals surface area (Å²) in [5.74, 6) is 0.623. The van der Waals surface area contributed by atoms with Crippen molar-refractivity contribution in [1.29, 1.82) is 0 Å². The highest BCUT2D eigenvalue weighted by Gasteiger charge is 2.18. The normalized spacial score (nSPS) is 20.8. The number of hydrogen-bond donors (Lipinski definition) is 2. The summed E-state index contributed by atoms with van der Waals surface area (Å²) >= 11 is 0. The van der Waals surface area contributed by atoms with Crippen LogP contribution in [0.2, 0.25) is 0 Å². The highest BCUT2D eigenvalue weighted by molar-refractivity contribution is 5.78. The highest BCUT2D eigenvalue weighted by Crippen LogP contribution is 2.05. The third-order valence-corrected chi connectivity index (χ3v) is 3.84. The molecule has 1 rings (SSSR count). The van der Waals surface area contributed by atoms with Gasteiger partial charge in [0.1, 0.15) is 0 Å². The fourth-order valence-electron chi connectivity index (χ4n) is 2.70. The summed E-state index contributed by atoms with van der Waals surface area (Å²) in [7, 11) is 1.65. The van der Waals surface area contributed by atoms with E-state index >= 15 is 0 Å². The van der Waals surface area contributed by atoms with Gasteiger partial charge in [0, 0.05) is 32.8 Å². The van der Waals surface area contributed by atoms with Crippen molar-refractivity contribution >= 4 is 5.91 Å². The number of nitrogens with two attached hydrogens (primary N) is 1. The SMILES string of the molecule is COCC(C)NC(=O)CN1CCCN(CC(C)CN)CC1. The van der Waals surface area contributed by atoms with Gasteiger partial charge in [-0.2, -0.15) is 0 Å². The number of methoxy groups -OCH3 is 1. The average Bonchev–Trinajstić information content (AvgIpc) is 2.64. The first-order valence-electron chi connectivity index (χ1n) is 7.98. The molecule has 0 aromatic heterocycles. The van der Waals surface area contributed by atoms with Crippen LogP contribution in [0.15, 0.2) is 0 Å². The Morgan fingerprint density at radius 2 is 1.90 bits per heavy atom. The monoisotopic (exact) mass is 300 g/mol. The van der Waals surface area contributed by atoms with Gasteiger partial charge in [-0.1, -0.05) is 6.92 Å². The van der Waals surface area contributed by atoms with Crippen LogP contribution in [0, 0.1) is 5.92 Å². The van der Waals surface area contributed by atoms with Crippen molar-refractivity contribution in [3.05, 3.63) is 0 Å². The van der Waals surface area contributed by atoms with E-state index in [-0.39, 0.29) is 11.9 Å². The van der Waals surface area contributed by atoms with Crippen LogP contribution in [0.25, 0.3) is 0 Å². The molecule has 0 aromatic carbocycles. The maximum absolute atomic E-state index is 12.0. The van der Waals surface area contributed by atoms with Crippen LogP contribution in [-0.2, 0) is 9.53 Å². The minimum absolute atomic E-state index is 0.0661. The predicted molar refractivity (Wildman–Crippen MR) is 85.2 cm³/mol. The maximum atomic E-state index is 12.0. The summed E-state index contributed by atoms with van der Waals surface area (Å²) in [6.07, 6.45) is 1.11. The second-order valence-electron chi connectivity index (χ2n) is 6.20. The van der Waals surface area contributed by atoms with Gasteiger partial charge in [-0.3, -0.25) is 9.69 Å². The van der Waals surface area contributed by atoms with Crippen molar-refractivity contribution in [2.45, 2.75) is 26.3 Å². The van der Waals surface area contributed by atoms with Crippen molar-refractivity contribution in [3.8, 4) is 0 Å². The van der Waals surface area contributed by atoms with Gasteiger partial charge in [-0.15, -0.1) is 0 Å². The van der Waals surface area contributed by atoms with Crippen molar-refractivity contribution in [1.82, 2.24) is 15.1 Å². The highest BCUT2D eigenvalue weighted by atomic mass is 16.5. The molecule has 0 radical (unpaired) electrons. The number of amides is 1. The maximum Gasteiger partial charge on any atom is 0.234 e. The number of carbonyl (C=O) groups excluding carboxylic acids is 1. The van der Waals surface area contributed by atoms with E-state index in [1.165, 1.54) is 0 Å². The second-order valence-corrected chi connectivity index (χ2v) is 6.20. The van der Waals surface area contributed by atoms with E-state index in [2.05, 4.69) is 22.0 Å². The zero-order chi connectivity index (χ0) is 15.7. The Morgan fingerprint density at radius 3 is 2.57 bits per heavy atom. The minimum atomic E-state index is 0.0661. The van der Waals surface area contributed by atoms with E-state index in [0.717, 1.165) is 45.7 Å². The van der Waals surface area contributed by atoms with Gasteiger partial charge in [-0.05, 0) is 38.9 Å². The Labute approximate surface area is 129 Å². The summed E-state index contributed by atoms with van der Waals surface area (Å²) in [4.78, 5) is 16.7. The van der Waals surface area contributed by atoms with Crippen LogP contribution in [0.1, 0.15) is 20.3 Å². The van der Waals surface area contributed by atoms with E-state index < -0.39 is 0 Å². The first-order valence-corrected chi connectivity index (χ1v) is 7.98. The van der Waals surface area contributed by atoms with E-state index in [9.17, 15) is 4.79 Å². The van der Waals surface area contributed by atoms with Gasteiger partial charge in [0.15, 0.2) is 0 Å². The van der Waals surface area contributed by atoms with Crippen LogP contribution in [0.3, 0.4) is 0 Å². The molecule has 2 unspecified atom stereocenters. The molecule has 6 nitrogen and oxygen atoms in total. The molecule has 1 amide bonds. The molecular weight excluding hydrogens is 268 g/mol. The van der Waals surface area contributed by atoms with Crippen molar-refractivity contribution in [2.24, 2.45) is 11.7 Å². The Balaban J connectivity index is 2.29. The number of hydrogen-bond acceptors (Lipinski definition) is 5. The van der Waals surface area contributed by atoms with Crippen molar-refractivity contribution in [2.75, 3.05) is 59.5 Å². The van der Waals surface area contributed by atoms with Crippen molar-refractivity contribution < 1.29 is 9.53 Å². The standard InChI is InChI=1S/C15H32N4O2/c1-13(9-16)10-18-5-4-6-19(8-7-18)11-15(20)17-14(2)12-21-3/h13-14H,4-12,16H2,1-3H3,(H,17,20). The molecule has 1 aliphatic heterocycles. The second kappa shape index (κ2) is 10.1. The van der Waals surface area contributed by atoms with E-state index in [1.807, 2.05) is 6.92 Å². The molecule has 0 aromatic rings. The third-order valence-electron chi connectivity index (χ3n) is 3.84. The molecule has 1 fully saturated rings. The summed E-state index contributed by atoms with van der Waals surface area (Å²) in [5.41, 5.74) is 5.69. The lowest BCUT2D eigenvalue weighted by atomic mass is 10.1. The summed E-state index contributed by atoms with van der Waals surface area (Å²) < 4.78 is 5.03. The van der Waals surface area contributed by atoms with Crippen LogP contribution in [-0.4, -0.2) is 81.3 Å². The first kappa shape index (κ1) is 18.4. The molecule has 21 heavy (non-hydrogen) atoms. The molecule has 1 heterocycles. The molecule has 0 bridgehead atoms. The fourth-order valence-corrected chi connectivity index (χ4v) is 2.70. The van der Waals surface area contributed by atoms with Crippen LogP contribution in [0.4, 0.5) is 0 Å². The Hall–Kier alpha value is -0.690. The molecular formula is C15H32N4O2. The Morgan fingerprint density at radius 1 is 1.24 bits per heavy atom. The summed E-state index contributed by atoms with van der Waals surface area (Å²) in [6.45, 7) is 11.0. The lowest BCUT2D eigenvalue weighted by Gasteiger charge is -2.24. The zero-order valence-electron chi connectivity index (χ0n) is 13.8. The van der Waals surface area contributed by atoms with E-state index in [4.69, 9.17) is 10.5 Å². The largest absolute Gasteiger partial charge is 0.383 e. The molecule has 6 heteroatoms. The van der Waals surface area contributed by atoms with Crippen LogP contribution >= 0.6 is 0 Å². The lowest BCUT2D eigenvalue weighted by Crippen LogP contribution is -2.43. The van der Waals surface area contributed by atoms with Gasteiger partial charge in [0.25, 0.3) is 0 Å². The quantitative estimate of drug-likeness (QED) is 0.646. The number of rotatable bonds is 8. The van der Waals surface area contributed by atoms with E-state index in [1.54, 1.807) is 7.11 Å². The number of ether oxygens (including phenoxy) is 1. The first-order chi connectivity index (χ1) is 10.0. The van der Waals surface area contributed by atoms with Crippen molar-refractivity contribution in [3.63, 3.8) is 0 Å². The Kier molecular flexibility index (Phi) is 8.84. The van der Waals surface area contributed by atoms with Gasteiger partial charge < -0.3 is 20.7 Å².